The van der Waals surface area contributed by atoms with Crippen LogP contribution in [0.25, 0.3) is 0 Å². The molecule has 0 aliphatic carbocycles. The second kappa shape index (κ2) is 4.90. The highest BCUT2D eigenvalue weighted by Crippen LogP contribution is 2.37. The molecule has 1 aliphatic rings. The molecule has 0 aromatic heterocycles. The number of rotatable bonds is 2. The van der Waals surface area contributed by atoms with E-state index in [1.165, 1.54) is 5.56 Å². The number of aliphatic hydroxyl groups is 1. The van der Waals surface area contributed by atoms with Gasteiger partial charge in [-0.05, 0) is 48.7 Å². The molecule has 2 aromatic rings. The van der Waals surface area contributed by atoms with Crippen LogP contribution >= 0.6 is 15.9 Å². The van der Waals surface area contributed by atoms with E-state index >= 15 is 0 Å². The van der Waals surface area contributed by atoms with Gasteiger partial charge in [0, 0.05) is 10.9 Å². The Morgan fingerprint density at radius 3 is 2.70 bits per heavy atom. The number of fused-ring (bicyclic) bond motifs is 1. The normalized spacial score (nSPS) is 17.4. The van der Waals surface area contributed by atoms with Gasteiger partial charge in [-0.1, -0.05) is 40.2 Å². The van der Waals surface area contributed by atoms with Gasteiger partial charge in [-0.25, -0.2) is 0 Å². The summed E-state index contributed by atoms with van der Waals surface area (Å²) < 4.78 is 6.79. The fourth-order valence-corrected chi connectivity index (χ4v) is 3.18. The molecule has 2 nitrogen and oxygen atoms in total. The fraction of sp³-hybridized carbons (Fsp3) is 0.294. The van der Waals surface area contributed by atoms with Gasteiger partial charge >= 0.3 is 0 Å². The Labute approximate surface area is 127 Å². The quantitative estimate of drug-likeness (QED) is 0.891. The molecular weight excluding hydrogens is 316 g/mol. The van der Waals surface area contributed by atoms with Crippen molar-refractivity contribution in [3.8, 4) is 5.75 Å². The highest BCUT2D eigenvalue weighted by Gasteiger charge is 2.30. The maximum Gasteiger partial charge on any atom is 0.123 e. The average Bonchev–Trinajstić information content (AvgIpc) is 2.71. The lowest BCUT2D eigenvalue weighted by atomic mass is 9.96. The summed E-state index contributed by atoms with van der Waals surface area (Å²) in [6.45, 7) is 4.16. The minimum Gasteiger partial charge on any atom is -0.487 e. The lowest BCUT2D eigenvalue weighted by molar-refractivity contribution is 0.138. The summed E-state index contributed by atoms with van der Waals surface area (Å²) in [6.07, 6.45) is 0.248. The zero-order chi connectivity index (χ0) is 14.3. The Morgan fingerprint density at radius 1 is 1.20 bits per heavy atom. The van der Waals surface area contributed by atoms with Crippen LogP contribution in [-0.4, -0.2) is 10.7 Å². The predicted molar refractivity (Wildman–Crippen MR) is 83.1 cm³/mol. The third-order valence-electron chi connectivity index (χ3n) is 3.60. The molecule has 0 amide bonds. The lowest BCUT2D eigenvalue weighted by Crippen LogP contribution is -2.24. The van der Waals surface area contributed by atoms with Gasteiger partial charge in [-0.3, -0.25) is 0 Å². The monoisotopic (exact) mass is 332 g/mol. The van der Waals surface area contributed by atoms with Crippen LogP contribution in [0.3, 0.4) is 0 Å². The van der Waals surface area contributed by atoms with Gasteiger partial charge < -0.3 is 9.84 Å². The van der Waals surface area contributed by atoms with Crippen LogP contribution < -0.4 is 4.74 Å². The molecule has 0 saturated carbocycles. The van der Waals surface area contributed by atoms with Crippen molar-refractivity contribution in [2.45, 2.75) is 32.0 Å². The molecule has 3 heteroatoms. The number of benzene rings is 2. The third-order valence-corrected chi connectivity index (χ3v) is 4.32. The SMILES string of the molecule is CC1(C)Cc2cc(C(O)c3ccccc3Br)ccc2O1. The van der Waals surface area contributed by atoms with E-state index in [2.05, 4.69) is 29.8 Å². The zero-order valence-corrected chi connectivity index (χ0v) is 13.1. The Bertz CT molecular complexity index is 649. The van der Waals surface area contributed by atoms with Crippen molar-refractivity contribution in [3.05, 3.63) is 63.6 Å². The highest BCUT2D eigenvalue weighted by molar-refractivity contribution is 9.10. The number of aliphatic hydroxyl groups excluding tert-OH is 1. The third kappa shape index (κ3) is 2.48. The van der Waals surface area contributed by atoms with Crippen LogP contribution in [0.15, 0.2) is 46.9 Å². The van der Waals surface area contributed by atoms with Crippen molar-refractivity contribution >= 4 is 15.9 Å². The van der Waals surface area contributed by atoms with Gasteiger partial charge in [-0.2, -0.15) is 0 Å². The maximum atomic E-state index is 10.6. The van der Waals surface area contributed by atoms with Gasteiger partial charge in [-0.15, -0.1) is 0 Å². The van der Waals surface area contributed by atoms with E-state index in [0.29, 0.717) is 0 Å². The molecule has 1 aliphatic heterocycles. The summed E-state index contributed by atoms with van der Waals surface area (Å²) in [4.78, 5) is 0. The average molecular weight is 333 g/mol. The van der Waals surface area contributed by atoms with Crippen molar-refractivity contribution in [2.24, 2.45) is 0 Å². The lowest BCUT2D eigenvalue weighted by Gasteiger charge is -2.16. The van der Waals surface area contributed by atoms with Crippen LogP contribution in [0, 0.1) is 0 Å². The molecule has 1 unspecified atom stereocenters. The summed E-state index contributed by atoms with van der Waals surface area (Å²) in [7, 11) is 0. The summed E-state index contributed by atoms with van der Waals surface area (Å²) in [5.41, 5.74) is 2.79. The van der Waals surface area contributed by atoms with Gasteiger partial charge in [0.15, 0.2) is 0 Å². The van der Waals surface area contributed by atoms with E-state index in [1.807, 2.05) is 42.5 Å². The van der Waals surface area contributed by atoms with Gasteiger partial charge in [0.25, 0.3) is 0 Å². The standard InChI is InChI=1S/C17H17BrO2/c1-17(2)10-12-9-11(7-8-15(12)20-17)16(19)13-5-3-4-6-14(13)18/h3-9,16,19H,10H2,1-2H3. The Morgan fingerprint density at radius 2 is 1.95 bits per heavy atom. The highest BCUT2D eigenvalue weighted by atomic mass is 79.9. The minimum atomic E-state index is -0.625. The molecule has 0 fully saturated rings. The maximum absolute atomic E-state index is 10.6. The van der Waals surface area contributed by atoms with Crippen molar-refractivity contribution in [1.82, 2.24) is 0 Å². The number of hydrogen-bond acceptors (Lipinski definition) is 2. The van der Waals surface area contributed by atoms with Crippen molar-refractivity contribution in [2.75, 3.05) is 0 Å². The summed E-state index contributed by atoms with van der Waals surface area (Å²) in [5.74, 6) is 0.929. The second-order valence-electron chi connectivity index (χ2n) is 5.83. The zero-order valence-electron chi connectivity index (χ0n) is 11.6. The number of ether oxygens (including phenoxy) is 1. The van der Waals surface area contributed by atoms with Crippen LogP contribution in [-0.2, 0) is 6.42 Å². The Kier molecular flexibility index (Phi) is 3.35. The molecule has 20 heavy (non-hydrogen) atoms. The smallest absolute Gasteiger partial charge is 0.123 e. The van der Waals surface area contributed by atoms with Crippen LogP contribution in [0.5, 0.6) is 5.75 Å². The van der Waals surface area contributed by atoms with Crippen LogP contribution in [0.4, 0.5) is 0 Å². The van der Waals surface area contributed by atoms with E-state index in [4.69, 9.17) is 4.74 Å². The topological polar surface area (TPSA) is 29.5 Å². The van der Waals surface area contributed by atoms with Gasteiger partial charge in [0.2, 0.25) is 0 Å². The van der Waals surface area contributed by atoms with E-state index in [9.17, 15) is 5.11 Å². The fourth-order valence-electron chi connectivity index (χ4n) is 2.68. The van der Waals surface area contributed by atoms with Crippen molar-refractivity contribution in [1.29, 1.82) is 0 Å². The molecule has 2 aromatic carbocycles. The van der Waals surface area contributed by atoms with E-state index in [-0.39, 0.29) is 5.60 Å². The molecule has 0 spiro atoms. The Hall–Kier alpha value is -1.32. The Balaban J connectivity index is 1.95. The van der Waals surface area contributed by atoms with Crippen LogP contribution in [0.2, 0.25) is 0 Å². The first-order valence-electron chi connectivity index (χ1n) is 6.71. The predicted octanol–water partition coefficient (Wildman–Crippen LogP) is 4.24. The molecule has 1 N–H and O–H groups in total. The first kappa shape index (κ1) is 13.7. The van der Waals surface area contributed by atoms with Crippen molar-refractivity contribution < 1.29 is 9.84 Å². The molecule has 0 radical (unpaired) electrons. The van der Waals surface area contributed by atoms with E-state index in [0.717, 1.165) is 27.8 Å². The molecule has 0 saturated heterocycles. The van der Waals surface area contributed by atoms with Crippen molar-refractivity contribution in [3.63, 3.8) is 0 Å². The molecule has 1 atom stereocenters. The van der Waals surface area contributed by atoms with Crippen LogP contribution in [0.1, 0.15) is 36.6 Å². The molecule has 0 bridgehead atoms. The molecule has 1 heterocycles. The summed E-state index contributed by atoms with van der Waals surface area (Å²) in [6, 6.07) is 13.7. The summed E-state index contributed by atoms with van der Waals surface area (Å²) >= 11 is 3.49. The van der Waals surface area contributed by atoms with E-state index in [1.54, 1.807) is 0 Å². The second-order valence-corrected chi connectivity index (χ2v) is 6.68. The minimum absolute atomic E-state index is 0.154. The number of hydrogen-bond donors (Lipinski definition) is 1. The van der Waals surface area contributed by atoms with Gasteiger partial charge in [0.05, 0.1) is 0 Å². The van der Waals surface area contributed by atoms with Gasteiger partial charge in [0.1, 0.15) is 17.5 Å². The summed E-state index contributed by atoms with van der Waals surface area (Å²) in [5, 5.41) is 10.6. The first-order chi connectivity index (χ1) is 9.46. The molecule has 104 valence electrons. The largest absolute Gasteiger partial charge is 0.487 e. The number of halogens is 1. The van der Waals surface area contributed by atoms with E-state index < -0.39 is 6.10 Å². The molecule has 3 rings (SSSR count). The first-order valence-corrected chi connectivity index (χ1v) is 7.50. The molecular formula is C17H17BrO2.